The minimum atomic E-state index is -0.442. The number of allylic oxidation sites excluding steroid dienone is 1. The first-order valence-electron chi connectivity index (χ1n) is 8.50. The first kappa shape index (κ1) is 17.9. The minimum absolute atomic E-state index is 0.0356. The molecule has 1 aliphatic rings. The van der Waals surface area contributed by atoms with Gasteiger partial charge in [0.1, 0.15) is 18.1 Å². The third-order valence-electron chi connectivity index (χ3n) is 4.36. The summed E-state index contributed by atoms with van der Waals surface area (Å²) in [6, 6.07) is 13.2. The predicted octanol–water partition coefficient (Wildman–Crippen LogP) is 5.16. The average Bonchev–Trinajstić information content (AvgIpc) is 3.23. The molecule has 0 N–H and O–H groups in total. The Hall–Kier alpha value is -3.45. The Morgan fingerprint density at radius 2 is 1.96 bits per heavy atom. The second-order valence-corrected chi connectivity index (χ2v) is 7.23. The highest BCUT2D eigenvalue weighted by molar-refractivity contribution is 7.11. The summed E-state index contributed by atoms with van der Waals surface area (Å²) in [7, 11) is 0. The van der Waals surface area contributed by atoms with Crippen molar-refractivity contribution >= 4 is 28.9 Å². The van der Waals surface area contributed by atoms with Crippen LogP contribution in [0.2, 0.25) is 0 Å². The maximum absolute atomic E-state index is 12.5. The number of aryl methyl sites for hydroxylation is 1. The number of benzene rings is 2. The smallest absolute Gasteiger partial charge is 0.269 e. The quantitative estimate of drug-likeness (QED) is 0.340. The molecule has 2 heterocycles. The van der Waals surface area contributed by atoms with E-state index in [4.69, 9.17) is 9.47 Å². The number of hydrogen-bond acceptors (Lipinski definition) is 6. The van der Waals surface area contributed by atoms with Crippen molar-refractivity contribution in [2.45, 2.75) is 13.5 Å². The summed E-state index contributed by atoms with van der Waals surface area (Å²) in [4.78, 5) is 23.8. The highest BCUT2D eigenvalue weighted by Gasteiger charge is 2.28. The summed E-state index contributed by atoms with van der Waals surface area (Å²) < 4.78 is 11.5. The van der Waals surface area contributed by atoms with E-state index in [1.807, 2.05) is 18.4 Å². The predicted molar refractivity (Wildman–Crippen MR) is 106 cm³/mol. The van der Waals surface area contributed by atoms with E-state index in [-0.39, 0.29) is 18.1 Å². The molecule has 0 saturated carbocycles. The molecule has 2 aromatic carbocycles. The number of nitro benzene ring substituents is 1. The van der Waals surface area contributed by atoms with E-state index in [2.05, 4.69) is 0 Å². The van der Waals surface area contributed by atoms with Crippen LogP contribution in [0.1, 0.15) is 26.4 Å². The van der Waals surface area contributed by atoms with Crippen LogP contribution in [0, 0.1) is 17.0 Å². The van der Waals surface area contributed by atoms with E-state index < -0.39 is 4.92 Å². The maximum Gasteiger partial charge on any atom is 0.269 e. The van der Waals surface area contributed by atoms with Gasteiger partial charge in [-0.15, -0.1) is 11.3 Å². The van der Waals surface area contributed by atoms with E-state index >= 15 is 0 Å². The number of carbonyl (C=O) groups excluding carboxylic acids is 1. The molecule has 0 spiro atoms. The summed E-state index contributed by atoms with van der Waals surface area (Å²) in [6.45, 7) is 2.24. The first-order chi connectivity index (χ1) is 13.5. The first-order valence-corrected chi connectivity index (χ1v) is 9.38. The Bertz CT molecular complexity index is 1100. The molecule has 6 nitrogen and oxygen atoms in total. The average molecular weight is 393 g/mol. The number of nitrogens with zero attached hydrogens (tertiary/aromatic N) is 1. The van der Waals surface area contributed by atoms with Crippen LogP contribution in [-0.2, 0) is 6.61 Å². The number of carbonyl (C=O) groups is 1. The molecule has 1 aromatic heterocycles. The highest BCUT2D eigenvalue weighted by Crippen LogP contribution is 2.35. The third kappa shape index (κ3) is 3.52. The van der Waals surface area contributed by atoms with Gasteiger partial charge in [0.05, 0.1) is 10.5 Å². The Morgan fingerprint density at radius 1 is 1.18 bits per heavy atom. The van der Waals surface area contributed by atoms with Crippen molar-refractivity contribution in [3.63, 3.8) is 0 Å². The van der Waals surface area contributed by atoms with Crippen molar-refractivity contribution in [1.29, 1.82) is 0 Å². The topological polar surface area (TPSA) is 78.7 Å². The lowest BCUT2D eigenvalue weighted by Crippen LogP contribution is -1.97. The molecule has 0 unspecified atom stereocenters. The Balaban J connectivity index is 1.48. The SMILES string of the molecule is Cc1ccsc1C=C1Oc2cc(OCc3ccc([N+](=O)[O-])cc3)ccc2C1=O. The molecule has 3 aromatic rings. The normalized spacial score (nSPS) is 14.0. The molecule has 0 atom stereocenters. The molecule has 4 rings (SSSR count). The number of thiophene rings is 1. The van der Waals surface area contributed by atoms with Gasteiger partial charge in [-0.2, -0.15) is 0 Å². The van der Waals surface area contributed by atoms with Gasteiger partial charge in [0.15, 0.2) is 5.76 Å². The van der Waals surface area contributed by atoms with Gasteiger partial charge in [0.25, 0.3) is 5.69 Å². The molecule has 140 valence electrons. The molecule has 0 aliphatic carbocycles. The van der Waals surface area contributed by atoms with Crippen molar-refractivity contribution < 1.29 is 19.2 Å². The zero-order chi connectivity index (χ0) is 19.7. The van der Waals surface area contributed by atoms with Gasteiger partial charge < -0.3 is 9.47 Å². The summed E-state index contributed by atoms with van der Waals surface area (Å²) in [6.07, 6.45) is 1.76. The van der Waals surface area contributed by atoms with Crippen LogP contribution in [-0.4, -0.2) is 10.7 Å². The Labute approximate surface area is 164 Å². The van der Waals surface area contributed by atoms with Gasteiger partial charge in [-0.05, 0) is 53.8 Å². The van der Waals surface area contributed by atoms with E-state index in [1.165, 1.54) is 12.1 Å². The fourth-order valence-corrected chi connectivity index (χ4v) is 3.64. The lowest BCUT2D eigenvalue weighted by Gasteiger charge is -2.07. The van der Waals surface area contributed by atoms with Crippen molar-refractivity contribution in [2.24, 2.45) is 0 Å². The number of fused-ring (bicyclic) bond motifs is 1. The Morgan fingerprint density at radius 3 is 2.64 bits per heavy atom. The summed E-state index contributed by atoms with van der Waals surface area (Å²) >= 11 is 1.55. The molecule has 1 aliphatic heterocycles. The van der Waals surface area contributed by atoms with Crippen molar-refractivity contribution in [3.05, 3.63) is 91.4 Å². The molecule has 28 heavy (non-hydrogen) atoms. The van der Waals surface area contributed by atoms with E-state index in [9.17, 15) is 14.9 Å². The van der Waals surface area contributed by atoms with Crippen LogP contribution in [0.5, 0.6) is 11.5 Å². The molecule has 0 radical (unpaired) electrons. The lowest BCUT2D eigenvalue weighted by atomic mass is 10.1. The second-order valence-electron chi connectivity index (χ2n) is 6.28. The number of nitro groups is 1. The van der Waals surface area contributed by atoms with Crippen molar-refractivity contribution in [2.75, 3.05) is 0 Å². The van der Waals surface area contributed by atoms with Crippen LogP contribution in [0.4, 0.5) is 5.69 Å². The maximum atomic E-state index is 12.5. The summed E-state index contributed by atoms with van der Waals surface area (Å²) in [5.74, 6) is 1.17. The van der Waals surface area contributed by atoms with E-state index in [0.29, 0.717) is 22.8 Å². The van der Waals surface area contributed by atoms with Crippen molar-refractivity contribution in [1.82, 2.24) is 0 Å². The van der Waals surface area contributed by atoms with Gasteiger partial charge in [-0.25, -0.2) is 0 Å². The minimum Gasteiger partial charge on any atom is -0.489 e. The third-order valence-corrected chi connectivity index (χ3v) is 5.32. The van der Waals surface area contributed by atoms with Crippen molar-refractivity contribution in [3.8, 4) is 11.5 Å². The van der Waals surface area contributed by atoms with Crippen LogP contribution < -0.4 is 9.47 Å². The molecule has 0 bridgehead atoms. The van der Waals surface area contributed by atoms with E-state index in [1.54, 1.807) is 47.7 Å². The number of hydrogen-bond donors (Lipinski definition) is 0. The number of rotatable bonds is 5. The zero-order valence-electron chi connectivity index (χ0n) is 14.9. The molecular formula is C21H15NO5S. The molecule has 0 amide bonds. The van der Waals surface area contributed by atoms with Gasteiger partial charge in [0.2, 0.25) is 5.78 Å². The van der Waals surface area contributed by atoms with Gasteiger partial charge >= 0.3 is 0 Å². The van der Waals surface area contributed by atoms with Crippen LogP contribution in [0.25, 0.3) is 6.08 Å². The van der Waals surface area contributed by atoms with Crippen LogP contribution in [0.3, 0.4) is 0 Å². The molecule has 0 saturated heterocycles. The molecule has 7 heteroatoms. The van der Waals surface area contributed by atoms with Crippen LogP contribution in [0.15, 0.2) is 59.7 Å². The number of ketones is 1. The number of non-ortho nitro benzene ring substituents is 1. The molecule has 0 fully saturated rings. The van der Waals surface area contributed by atoms with Crippen LogP contribution >= 0.6 is 11.3 Å². The lowest BCUT2D eigenvalue weighted by molar-refractivity contribution is -0.384. The fraction of sp³-hybridized carbons (Fsp3) is 0.0952. The van der Waals surface area contributed by atoms with E-state index in [0.717, 1.165) is 16.0 Å². The molecular weight excluding hydrogens is 378 g/mol. The van der Waals surface area contributed by atoms with Gasteiger partial charge in [-0.3, -0.25) is 14.9 Å². The summed E-state index contributed by atoms with van der Waals surface area (Å²) in [5.41, 5.74) is 2.44. The Kier molecular flexibility index (Phi) is 4.67. The highest BCUT2D eigenvalue weighted by atomic mass is 32.1. The van der Waals surface area contributed by atoms with Gasteiger partial charge in [0, 0.05) is 29.2 Å². The number of Topliss-reactive ketones (excluding diaryl/α,β-unsaturated/α-hetero) is 1. The second kappa shape index (κ2) is 7.28. The monoisotopic (exact) mass is 393 g/mol. The summed E-state index contributed by atoms with van der Waals surface area (Å²) in [5, 5.41) is 12.7. The number of ether oxygens (including phenoxy) is 2. The van der Waals surface area contributed by atoms with Gasteiger partial charge in [-0.1, -0.05) is 0 Å². The zero-order valence-corrected chi connectivity index (χ0v) is 15.7. The standard InChI is InChI=1S/C21H15NO5S/c1-13-8-9-28-20(13)11-19-21(23)17-7-6-16(10-18(17)27-19)26-12-14-2-4-15(5-3-14)22(24)25/h2-11H,12H2,1H3. The fourth-order valence-electron chi connectivity index (χ4n) is 2.79. The largest absolute Gasteiger partial charge is 0.489 e.